The fraction of sp³-hybridized carbons (Fsp3) is 0.419. The van der Waals surface area contributed by atoms with E-state index in [4.69, 9.17) is 4.74 Å². The number of ketones is 1. The Morgan fingerprint density at radius 3 is 2.79 bits per heavy atom. The minimum atomic E-state index is -3.83. The largest absolute Gasteiger partial charge is 0.377 e. The van der Waals surface area contributed by atoms with Crippen LogP contribution in [0.15, 0.2) is 53.6 Å². The molecule has 4 aromatic rings. The summed E-state index contributed by atoms with van der Waals surface area (Å²) in [5, 5.41) is 8.71. The van der Waals surface area contributed by atoms with E-state index in [-0.39, 0.29) is 29.2 Å². The van der Waals surface area contributed by atoms with Crippen LogP contribution < -0.4 is 4.90 Å². The zero-order chi connectivity index (χ0) is 29.6. The molecule has 4 heterocycles. The highest BCUT2D eigenvalue weighted by atomic mass is 32.2. The van der Waals surface area contributed by atoms with Crippen LogP contribution in [-0.2, 0) is 32.6 Å². The molecule has 0 saturated carbocycles. The van der Waals surface area contributed by atoms with Crippen molar-refractivity contribution < 1.29 is 17.9 Å². The summed E-state index contributed by atoms with van der Waals surface area (Å²) in [6, 6.07) is 13.4. The number of rotatable bonds is 7. The van der Waals surface area contributed by atoms with Crippen LogP contribution in [0.25, 0.3) is 11.0 Å². The minimum absolute atomic E-state index is 0.0791. The van der Waals surface area contributed by atoms with Crippen LogP contribution in [0.1, 0.15) is 54.0 Å². The molecule has 0 radical (unpaired) electrons. The highest BCUT2D eigenvalue weighted by molar-refractivity contribution is 7.89. The molecule has 10 nitrogen and oxygen atoms in total. The second-order valence-corrected chi connectivity index (χ2v) is 13.1. The van der Waals surface area contributed by atoms with E-state index in [0.29, 0.717) is 38.5 Å². The van der Waals surface area contributed by atoms with E-state index in [9.17, 15) is 13.2 Å². The number of fused-ring (bicyclic) bond motifs is 4. The van der Waals surface area contributed by atoms with Crippen molar-refractivity contribution in [1.82, 2.24) is 24.3 Å². The first-order chi connectivity index (χ1) is 20.2. The lowest BCUT2D eigenvalue weighted by atomic mass is 9.83. The number of ether oxygens (including phenoxy) is 1. The van der Waals surface area contributed by atoms with E-state index >= 15 is 0 Å². The third-order valence-corrected chi connectivity index (χ3v) is 10.4. The Morgan fingerprint density at radius 2 is 2.00 bits per heavy atom. The lowest BCUT2D eigenvalue weighted by Crippen LogP contribution is -2.50. The molecule has 1 saturated heterocycles. The molecule has 0 N–H and O–H groups in total. The normalized spacial score (nSPS) is 19.2. The number of morpholine rings is 1. The van der Waals surface area contributed by atoms with Gasteiger partial charge in [-0.2, -0.15) is 4.31 Å². The maximum atomic E-state index is 14.0. The average Bonchev–Trinajstić information content (AvgIpc) is 3.38. The number of anilines is 1. The SMILES string of the molecule is CCn1nnc2c(C)c([C@@H](CC(C)=O)c3ccc(C)c(CN4C[C@H]5COCCN5c5ncccc5S4(=O)=O)c3)ccc21. The van der Waals surface area contributed by atoms with Gasteiger partial charge in [0.05, 0.1) is 24.8 Å². The third kappa shape index (κ3) is 4.99. The van der Waals surface area contributed by atoms with Gasteiger partial charge in [-0.25, -0.2) is 18.1 Å². The van der Waals surface area contributed by atoms with Crippen molar-refractivity contribution in [3.05, 3.63) is 76.5 Å². The van der Waals surface area contributed by atoms with Crippen molar-refractivity contribution in [1.29, 1.82) is 0 Å². The molecule has 2 aromatic carbocycles. The molecular weight excluding hydrogens is 552 g/mol. The zero-order valence-corrected chi connectivity index (χ0v) is 25.3. The quantitative estimate of drug-likeness (QED) is 0.319. The van der Waals surface area contributed by atoms with Gasteiger partial charge in [-0.3, -0.25) is 4.79 Å². The molecule has 0 bridgehead atoms. The fourth-order valence-corrected chi connectivity index (χ4v) is 7.87. The van der Waals surface area contributed by atoms with Gasteiger partial charge < -0.3 is 9.64 Å². The van der Waals surface area contributed by atoms with Gasteiger partial charge in [-0.05, 0) is 73.7 Å². The van der Waals surface area contributed by atoms with Gasteiger partial charge in [0, 0.05) is 44.7 Å². The highest BCUT2D eigenvalue weighted by Gasteiger charge is 2.39. The average molecular weight is 589 g/mol. The fourth-order valence-electron chi connectivity index (χ4n) is 6.26. The first-order valence-corrected chi connectivity index (χ1v) is 15.8. The topological polar surface area (TPSA) is 111 Å². The first kappa shape index (κ1) is 28.4. The van der Waals surface area contributed by atoms with Crippen LogP contribution in [0.5, 0.6) is 0 Å². The molecule has 6 rings (SSSR count). The summed E-state index contributed by atoms with van der Waals surface area (Å²) >= 11 is 0. The summed E-state index contributed by atoms with van der Waals surface area (Å²) in [4.78, 5) is 19.3. The van der Waals surface area contributed by atoms with Crippen LogP contribution in [0.3, 0.4) is 0 Å². The summed E-state index contributed by atoms with van der Waals surface area (Å²) < 4.78 is 37.2. The van der Waals surface area contributed by atoms with Gasteiger partial charge in [-0.1, -0.05) is 29.5 Å². The molecule has 0 aliphatic carbocycles. The first-order valence-electron chi connectivity index (χ1n) is 14.4. The zero-order valence-electron chi connectivity index (χ0n) is 24.4. The Hall–Kier alpha value is -3.67. The molecule has 42 heavy (non-hydrogen) atoms. The van der Waals surface area contributed by atoms with Crippen molar-refractivity contribution >= 4 is 32.7 Å². The standard InChI is InChI=1S/C31H36N6O4S/c1-5-37-28-11-10-26(22(4)30(28)33-34-37)27(15-21(3)38)23-9-8-20(2)24(16-23)17-35-18-25-19-41-14-13-36(25)31-29(42(35,39)40)7-6-12-32-31/h6-12,16,25,27H,5,13-15,17-19H2,1-4H3/t25-,27-/m0/s1. The van der Waals surface area contributed by atoms with E-state index < -0.39 is 10.0 Å². The summed E-state index contributed by atoms with van der Waals surface area (Å²) in [5.41, 5.74) is 6.67. The second-order valence-electron chi connectivity index (χ2n) is 11.2. The molecule has 11 heteroatoms. The van der Waals surface area contributed by atoms with Gasteiger partial charge >= 0.3 is 0 Å². The van der Waals surface area contributed by atoms with E-state index in [1.165, 1.54) is 0 Å². The maximum absolute atomic E-state index is 14.0. The number of carbonyl (C=O) groups is 1. The lowest BCUT2D eigenvalue weighted by Gasteiger charge is -2.36. The van der Waals surface area contributed by atoms with Crippen LogP contribution in [0.2, 0.25) is 0 Å². The van der Waals surface area contributed by atoms with Crippen molar-refractivity contribution in [3.8, 4) is 0 Å². The van der Waals surface area contributed by atoms with Crippen molar-refractivity contribution in [2.75, 3.05) is 31.2 Å². The minimum Gasteiger partial charge on any atom is -0.377 e. The Kier molecular flexibility index (Phi) is 7.59. The number of carbonyl (C=O) groups excluding carboxylic acids is 1. The summed E-state index contributed by atoms with van der Waals surface area (Å²) in [7, 11) is -3.83. The molecule has 220 valence electrons. The van der Waals surface area contributed by atoms with Crippen LogP contribution in [0, 0.1) is 13.8 Å². The smallest absolute Gasteiger partial charge is 0.247 e. The Bertz CT molecular complexity index is 1770. The number of benzene rings is 2. The van der Waals surface area contributed by atoms with Gasteiger partial charge in [-0.15, -0.1) is 5.10 Å². The Morgan fingerprint density at radius 1 is 1.17 bits per heavy atom. The number of Topliss-reactive ketones (excluding diaryl/α,β-unsaturated/α-hetero) is 1. The molecule has 0 amide bonds. The molecule has 2 atom stereocenters. The van der Waals surface area contributed by atoms with E-state index in [0.717, 1.165) is 45.4 Å². The monoisotopic (exact) mass is 588 g/mol. The van der Waals surface area contributed by atoms with E-state index in [2.05, 4.69) is 32.3 Å². The predicted molar refractivity (Wildman–Crippen MR) is 160 cm³/mol. The Labute approximate surface area is 246 Å². The van der Waals surface area contributed by atoms with E-state index in [1.807, 2.05) is 43.7 Å². The van der Waals surface area contributed by atoms with Crippen molar-refractivity contribution in [3.63, 3.8) is 0 Å². The summed E-state index contributed by atoms with van der Waals surface area (Å²) in [5.74, 6) is 0.368. The summed E-state index contributed by atoms with van der Waals surface area (Å²) in [6.45, 7) is 10.4. The number of pyridine rings is 1. The van der Waals surface area contributed by atoms with Crippen molar-refractivity contribution in [2.45, 2.75) is 64.1 Å². The number of aryl methyl sites for hydroxylation is 3. The molecule has 0 spiro atoms. The van der Waals surface area contributed by atoms with Crippen molar-refractivity contribution in [2.24, 2.45) is 0 Å². The predicted octanol–water partition coefficient (Wildman–Crippen LogP) is 3.98. The van der Waals surface area contributed by atoms with Gasteiger partial charge in [0.2, 0.25) is 10.0 Å². The molecule has 2 aliphatic rings. The summed E-state index contributed by atoms with van der Waals surface area (Å²) in [6.07, 6.45) is 1.97. The number of aromatic nitrogens is 4. The number of sulfonamides is 1. The number of hydrogen-bond acceptors (Lipinski definition) is 8. The number of hydrogen-bond donors (Lipinski definition) is 0. The maximum Gasteiger partial charge on any atom is 0.247 e. The van der Waals surface area contributed by atoms with Gasteiger partial charge in [0.15, 0.2) is 0 Å². The van der Waals surface area contributed by atoms with E-state index in [1.54, 1.807) is 29.6 Å². The second kappa shape index (κ2) is 11.2. The van der Waals surface area contributed by atoms with Crippen LogP contribution in [0.4, 0.5) is 5.82 Å². The molecule has 1 fully saturated rings. The lowest BCUT2D eigenvalue weighted by molar-refractivity contribution is -0.117. The van der Waals surface area contributed by atoms with Gasteiger partial charge in [0.1, 0.15) is 22.0 Å². The van der Waals surface area contributed by atoms with Crippen LogP contribution >= 0.6 is 0 Å². The molecular formula is C31H36N6O4S. The molecule has 2 aliphatic heterocycles. The number of nitrogens with zero attached hydrogens (tertiary/aromatic N) is 6. The Balaban J connectivity index is 1.40. The highest BCUT2D eigenvalue weighted by Crippen LogP contribution is 2.36. The third-order valence-electron chi connectivity index (χ3n) is 8.55. The van der Waals surface area contributed by atoms with Gasteiger partial charge in [0.25, 0.3) is 0 Å². The van der Waals surface area contributed by atoms with Crippen LogP contribution in [-0.4, -0.2) is 70.8 Å². The molecule has 2 aromatic heterocycles. The molecule has 0 unspecified atom stereocenters.